The summed E-state index contributed by atoms with van der Waals surface area (Å²) < 4.78 is 5.88. The summed E-state index contributed by atoms with van der Waals surface area (Å²) in [5.74, 6) is 0.900. The average molecular weight is 291 g/mol. The molecule has 2 rings (SSSR count). The summed E-state index contributed by atoms with van der Waals surface area (Å²) >= 11 is 0. The van der Waals surface area contributed by atoms with Crippen LogP contribution in [0.3, 0.4) is 0 Å². The minimum absolute atomic E-state index is 0.253. The van der Waals surface area contributed by atoms with Crippen LogP contribution >= 0.6 is 0 Å². The number of ether oxygens (including phenoxy) is 1. The molecule has 1 aliphatic carbocycles. The summed E-state index contributed by atoms with van der Waals surface area (Å²) in [4.78, 5) is 9.65. The van der Waals surface area contributed by atoms with Crippen LogP contribution in [0.5, 0.6) is 0 Å². The minimum Gasteiger partial charge on any atom is -0.370 e. The second kappa shape index (κ2) is 7.32. The Morgan fingerprint density at radius 3 is 2.24 bits per heavy atom. The van der Waals surface area contributed by atoms with Gasteiger partial charge in [0.15, 0.2) is 5.82 Å². The van der Waals surface area contributed by atoms with E-state index >= 15 is 0 Å². The van der Waals surface area contributed by atoms with E-state index < -0.39 is 0 Å². The molecular weight excluding hydrogens is 262 g/mol. The third-order valence-corrected chi connectivity index (χ3v) is 4.73. The fraction of sp³-hybridized carbons (Fsp3) is 0.765. The Labute approximate surface area is 128 Å². The number of rotatable bonds is 6. The molecule has 0 radical (unpaired) electrons. The van der Waals surface area contributed by atoms with E-state index in [0.717, 1.165) is 49.4 Å². The van der Waals surface area contributed by atoms with Crippen LogP contribution in [0.2, 0.25) is 0 Å². The lowest BCUT2D eigenvalue weighted by atomic mass is 9.83. The fourth-order valence-electron chi connectivity index (χ4n) is 3.39. The summed E-state index contributed by atoms with van der Waals surface area (Å²) in [7, 11) is 3.80. The van der Waals surface area contributed by atoms with Crippen molar-refractivity contribution < 1.29 is 4.74 Å². The van der Waals surface area contributed by atoms with Crippen LogP contribution in [0.1, 0.15) is 61.3 Å². The maximum Gasteiger partial charge on any atom is 0.160 e. The molecule has 0 aromatic carbocycles. The molecule has 21 heavy (non-hydrogen) atoms. The number of hydrogen-bond acceptors (Lipinski definition) is 4. The van der Waals surface area contributed by atoms with E-state index in [1.165, 1.54) is 24.8 Å². The van der Waals surface area contributed by atoms with E-state index in [1.54, 1.807) is 7.11 Å². The Morgan fingerprint density at radius 2 is 1.71 bits per heavy atom. The molecule has 1 heterocycles. The first-order valence-corrected chi connectivity index (χ1v) is 8.17. The first-order chi connectivity index (χ1) is 10.1. The van der Waals surface area contributed by atoms with Crippen molar-refractivity contribution in [3.63, 3.8) is 0 Å². The molecule has 1 fully saturated rings. The third-order valence-electron chi connectivity index (χ3n) is 4.73. The van der Waals surface area contributed by atoms with Gasteiger partial charge in [-0.3, -0.25) is 0 Å². The summed E-state index contributed by atoms with van der Waals surface area (Å²) in [6.07, 6.45) is 7.96. The first kappa shape index (κ1) is 16.4. The van der Waals surface area contributed by atoms with Crippen molar-refractivity contribution in [1.29, 1.82) is 0 Å². The van der Waals surface area contributed by atoms with Gasteiger partial charge in [-0.2, -0.15) is 0 Å². The molecule has 1 N–H and O–H groups in total. The molecule has 0 bridgehead atoms. The molecule has 4 nitrogen and oxygen atoms in total. The molecule has 1 aromatic rings. The molecule has 1 aliphatic rings. The molecule has 0 aliphatic heterocycles. The Balaban J connectivity index is 2.25. The van der Waals surface area contributed by atoms with E-state index in [1.807, 2.05) is 7.05 Å². The van der Waals surface area contributed by atoms with Crippen LogP contribution < -0.4 is 5.32 Å². The van der Waals surface area contributed by atoms with Crippen molar-refractivity contribution in [2.45, 2.75) is 64.4 Å². The molecular formula is C17H29N3O. The van der Waals surface area contributed by atoms with Crippen LogP contribution in [0.4, 0.5) is 0 Å². The third kappa shape index (κ3) is 3.61. The standard InChI is InChI=1S/C17H29N3O/c1-13-15(9-8-12-18-3)14(2)20-16(19-13)17(21-4)10-6-5-7-11-17/h18H,5-12H2,1-4H3. The largest absolute Gasteiger partial charge is 0.370 e. The predicted molar refractivity (Wildman–Crippen MR) is 85.5 cm³/mol. The Bertz CT molecular complexity index is 444. The van der Waals surface area contributed by atoms with Crippen molar-refractivity contribution in [2.75, 3.05) is 20.7 Å². The molecule has 118 valence electrons. The quantitative estimate of drug-likeness (QED) is 0.818. The lowest BCUT2D eigenvalue weighted by molar-refractivity contribution is -0.0517. The molecule has 0 atom stereocenters. The SMILES string of the molecule is CNCCCc1c(C)nc(C2(OC)CCCCC2)nc1C. The maximum absolute atomic E-state index is 5.88. The van der Waals surface area contributed by atoms with E-state index in [4.69, 9.17) is 14.7 Å². The fourth-order valence-corrected chi connectivity index (χ4v) is 3.39. The summed E-state index contributed by atoms with van der Waals surface area (Å²) in [5, 5.41) is 3.19. The molecule has 4 heteroatoms. The predicted octanol–water partition coefficient (Wildman–Crippen LogP) is 3.05. The highest BCUT2D eigenvalue weighted by atomic mass is 16.5. The number of hydrogen-bond donors (Lipinski definition) is 1. The first-order valence-electron chi connectivity index (χ1n) is 8.17. The lowest BCUT2D eigenvalue weighted by Crippen LogP contribution is -2.34. The number of aromatic nitrogens is 2. The smallest absolute Gasteiger partial charge is 0.160 e. The van der Waals surface area contributed by atoms with Gasteiger partial charge in [0.05, 0.1) is 0 Å². The molecule has 0 unspecified atom stereocenters. The highest BCUT2D eigenvalue weighted by Crippen LogP contribution is 2.38. The molecule has 0 spiro atoms. The van der Waals surface area contributed by atoms with E-state index in [2.05, 4.69) is 19.2 Å². The molecule has 1 aromatic heterocycles. The van der Waals surface area contributed by atoms with Gasteiger partial charge in [-0.15, -0.1) is 0 Å². The summed E-state index contributed by atoms with van der Waals surface area (Å²) in [6, 6.07) is 0. The zero-order valence-electron chi connectivity index (χ0n) is 14.0. The van der Waals surface area contributed by atoms with Gasteiger partial charge in [0.2, 0.25) is 0 Å². The number of nitrogens with zero attached hydrogens (tertiary/aromatic N) is 2. The van der Waals surface area contributed by atoms with Gasteiger partial charge in [0.1, 0.15) is 5.60 Å². The van der Waals surface area contributed by atoms with Crippen LogP contribution in [0, 0.1) is 13.8 Å². The van der Waals surface area contributed by atoms with Crippen molar-refractivity contribution in [3.05, 3.63) is 22.8 Å². The second-order valence-electron chi connectivity index (χ2n) is 6.16. The van der Waals surface area contributed by atoms with Crippen LogP contribution in [-0.4, -0.2) is 30.7 Å². The zero-order chi connectivity index (χ0) is 15.3. The molecule has 1 saturated carbocycles. The average Bonchev–Trinajstić information content (AvgIpc) is 2.50. The van der Waals surface area contributed by atoms with Gasteiger partial charge in [0, 0.05) is 18.5 Å². The highest BCUT2D eigenvalue weighted by molar-refractivity contribution is 5.26. The maximum atomic E-state index is 5.88. The van der Waals surface area contributed by atoms with E-state index in [9.17, 15) is 0 Å². The van der Waals surface area contributed by atoms with Gasteiger partial charge in [0.25, 0.3) is 0 Å². The molecule has 0 saturated heterocycles. The van der Waals surface area contributed by atoms with Gasteiger partial charge < -0.3 is 10.1 Å². The summed E-state index contributed by atoms with van der Waals surface area (Å²) in [5.41, 5.74) is 3.29. The zero-order valence-corrected chi connectivity index (χ0v) is 14.0. The minimum atomic E-state index is -0.253. The highest BCUT2D eigenvalue weighted by Gasteiger charge is 2.37. The molecule has 0 amide bonds. The topological polar surface area (TPSA) is 47.0 Å². The second-order valence-corrected chi connectivity index (χ2v) is 6.16. The normalized spacial score (nSPS) is 17.9. The van der Waals surface area contributed by atoms with Crippen molar-refractivity contribution in [2.24, 2.45) is 0 Å². The van der Waals surface area contributed by atoms with Crippen LogP contribution in [-0.2, 0) is 16.8 Å². The van der Waals surface area contributed by atoms with Crippen LogP contribution in [0.15, 0.2) is 0 Å². The number of nitrogens with one attached hydrogen (secondary N) is 1. The lowest BCUT2D eigenvalue weighted by Gasteiger charge is -2.35. The van der Waals surface area contributed by atoms with Crippen molar-refractivity contribution in [1.82, 2.24) is 15.3 Å². The summed E-state index contributed by atoms with van der Waals surface area (Å²) in [6.45, 7) is 5.25. The van der Waals surface area contributed by atoms with Gasteiger partial charge in [-0.1, -0.05) is 19.3 Å². The Morgan fingerprint density at radius 1 is 1.10 bits per heavy atom. The number of aryl methyl sites for hydroxylation is 2. The van der Waals surface area contributed by atoms with Gasteiger partial charge in [-0.05, 0) is 58.7 Å². The van der Waals surface area contributed by atoms with Crippen molar-refractivity contribution >= 4 is 0 Å². The van der Waals surface area contributed by atoms with Crippen LogP contribution in [0.25, 0.3) is 0 Å². The monoisotopic (exact) mass is 291 g/mol. The van der Waals surface area contributed by atoms with E-state index in [0.29, 0.717) is 0 Å². The number of methoxy groups -OCH3 is 1. The van der Waals surface area contributed by atoms with Gasteiger partial charge >= 0.3 is 0 Å². The van der Waals surface area contributed by atoms with Crippen molar-refractivity contribution in [3.8, 4) is 0 Å². The Kier molecular flexibility index (Phi) is 5.71. The van der Waals surface area contributed by atoms with E-state index in [-0.39, 0.29) is 5.60 Å². The Hall–Kier alpha value is -1.00. The van der Waals surface area contributed by atoms with Gasteiger partial charge in [-0.25, -0.2) is 9.97 Å².